The Bertz CT molecular complexity index is 554. The zero-order valence-corrected chi connectivity index (χ0v) is 12.4. The number of benzene rings is 1. The van der Waals surface area contributed by atoms with E-state index in [0.717, 1.165) is 6.42 Å². The summed E-state index contributed by atoms with van der Waals surface area (Å²) < 4.78 is 24.9. The zero-order valence-electron chi connectivity index (χ0n) is 10.8. The Morgan fingerprint density at radius 1 is 1.37 bits per heavy atom. The fourth-order valence-electron chi connectivity index (χ4n) is 2.10. The second kappa shape index (κ2) is 6.39. The molecule has 0 aliphatic carbocycles. The van der Waals surface area contributed by atoms with Gasteiger partial charge < -0.3 is 5.11 Å². The van der Waals surface area contributed by atoms with Crippen LogP contribution >= 0.6 is 11.6 Å². The quantitative estimate of drug-likeness (QED) is 0.877. The summed E-state index contributed by atoms with van der Waals surface area (Å²) >= 11 is 5.87. The first kappa shape index (κ1) is 16.0. The molecule has 0 amide bonds. The lowest BCUT2D eigenvalue weighted by molar-refractivity contribution is -0.137. The Morgan fingerprint density at radius 2 is 1.95 bits per heavy atom. The predicted molar refractivity (Wildman–Crippen MR) is 74.1 cm³/mol. The lowest BCUT2D eigenvalue weighted by Crippen LogP contribution is -2.36. The van der Waals surface area contributed by atoms with E-state index in [4.69, 9.17) is 11.6 Å². The van der Waals surface area contributed by atoms with Gasteiger partial charge in [0.15, 0.2) is 15.1 Å². The maximum atomic E-state index is 12.4. The van der Waals surface area contributed by atoms with E-state index >= 15 is 0 Å². The molecule has 0 saturated heterocycles. The van der Waals surface area contributed by atoms with Crippen molar-refractivity contribution in [2.75, 3.05) is 0 Å². The number of carbonyl (C=O) groups is 1. The molecule has 0 spiro atoms. The molecule has 106 valence electrons. The van der Waals surface area contributed by atoms with E-state index in [1.54, 1.807) is 13.0 Å². The summed E-state index contributed by atoms with van der Waals surface area (Å²) in [6.45, 7) is 3.52. The first-order valence-corrected chi connectivity index (χ1v) is 7.96. The number of rotatable bonds is 6. The Hall–Kier alpha value is -1.07. The number of sulfone groups is 1. The third kappa shape index (κ3) is 3.48. The molecule has 0 bridgehead atoms. The minimum Gasteiger partial charge on any atom is -0.480 e. The van der Waals surface area contributed by atoms with Gasteiger partial charge in [-0.2, -0.15) is 0 Å². The highest BCUT2D eigenvalue weighted by Gasteiger charge is 2.39. The third-order valence-corrected chi connectivity index (χ3v) is 5.73. The number of aliphatic carboxylic acids is 1. The second-order valence-electron chi connectivity index (χ2n) is 4.50. The van der Waals surface area contributed by atoms with Crippen LogP contribution in [0.4, 0.5) is 0 Å². The maximum Gasteiger partial charge on any atom is 0.322 e. The van der Waals surface area contributed by atoms with Crippen LogP contribution in [0, 0.1) is 5.92 Å². The number of halogens is 1. The van der Waals surface area contributed by atoms with Crippen molar-refractivity contribution < 1.29 is 18.3 Å². The third-order valence-electron chi connectivity index (χ3n) is 2.98. The fraction of sp³-hybridized carbons (Fsp3) is 0.462. The number of hydrogen-bond donors (Lipinski definition) is 1. The Balaban J connectivity index is 3.29. The molecule has 1 aromatic carbocycles. The molecule has 1 rings (SSSR count). The Kier molecular flexibility index (Phi) is 5.38. The molecule has 2 unspecified atom stereocenters. The molecule has 1 N–H and O–H groups in total. The van der Waals surface area contributed by atoms with E-state index < -0.39 is 27.0 Å². The minimum absolute atomic E-state index is 0.0532. The molecule has 0 radical (unpaired) electrons. The SMILES string of the molecule is CCCC(C)C(C(=O)O)S(=O)(=O)c1ccccc1Cl. The minimum atomic E-state index is -3.98. The van der Waals surface area contributed by atoms with Crippen LogP contribution in [0.2, 0.25) is 5.02 Å². The van der Waals surface area contributed by atoms with Gasteiger partial charge in [0.2, 0.25) is 0 Å². The molecule has 19 heavy (non-hydrogen) atoms. The van der Waals surface area contributed by atoms with Gasteiger partial charge >= 0.3 is 5.97 Å². The maximum absolute atomic E-state index is 12.4. The molecular formula is C13H17ClO4S. The Morgan fingerprint density at radius 3 is 2.42 bits per heavy atom. The number of hydrogen-bond acceptors (Lipinski definition) is 3. The summed E-state index contributed by atoms with van der Waals surface area (Å²) in [6.07, 6.45) is 1.25. The predicted octanol–water partition coefficient (Wildman–Crippen LogP) is 3.00. The van der Waals surface area contributed by atoms with Crippen LogP contribution in [0.1, 0.15) is 26.7 Å². The van der Waals surface area contributed by atoms with Crippen LogP contribution in [0.3, 0.4) is 0 Å². The first-order chi connectivity index (χ1) is 8.82. The largest absolute Gasteiger partial charge is 0.480 e. The zero-order chi connectivity index (χ0) is 14.6. The summed E-state index contributed by atoms with van der Waals surface area (Å²) in [5.41, 5.74) is 0. The molecule has 0 aliphatic heterocycles. The van der Waals surface area contributed by atoms with Crippen molar-refractivity contribution in [3.05, 3.63) is 29.3 Å². The van der Waals surface area contributed by atoms with Crippen molar-refractivity contribution in [1.82, 2.24) is 0 Å². The lowest BCUT2D eigenvalue weighted by Gasteiger charge is -2.20. The normalized spacial score (nSPS) is 14.9. The average Bonchev–Trinajstić information content (AvgIpc) is 2.28. The van der Waals surface area contributed by atoms with Crippen molar-refractivity contribution >= 4 is 27.4 Å². The smallest absolute Gasteiger partial charge is 0.322 e. The average molecular weight is 305 g/mol. The van der Waals surface area contributed by atoms with Crippen LogP contribution in [0.5, 0.6) is 0 Å². The van der Waals surface area contributed by atoms with Gasteiger partial charge in [-0.25, -0.2) is 8.42 Å². The number of carboxylic acids is 1. The van der Waals surface area contributed by atoms with Gasteiger partial charge in [-0.1, -0.05) is 44.0 Å². The molecule has 1 aromatic rings. The molecular weight excluding hydrogens is 288 g/mol. The van der Waals surface area contributed by atoms with Crippen molar-refractivity contribution in [3.8, 4) is 0 Å². The number of carboxylic acid groups (broad SMARTS) is 1. The van der Waals surface area contributed by atoms with Gasteiger partial charge in [0, 0.05) is 0 Å². The van der Waals surface area contributed by atoms with Gasteiger partial charge in [-0.05, 0) is 24.5 Å². The van der Waals surface area contributed by atoms with Crippen LogP contribution in [0.25, 0.3) is 0 Å². The van der Waals surface area contributed by atoms with E-state index in [1.807, 2.05) is 6.92 Å². The summed E-state index contributed by atoms with van der Waals surface area (Å²) in [6, 6.07) is 5.92. The summed E-state index contributed by atoms with van der Waals surface area (Å²) in [5.74, 6) is -1.80. The molecule has 0 fully saturated rings. The highest BCUT2D eigenvalue weighted by Crippen LogP contribution is 2.29. The molecule has 0 saturated carbocycles. The van der Waals surface area contributed by atoms with Gasteiger partial charge in [0.05, 0.1) is 9.92 Å². The van der Waals surface area contributed by atoms with E-state index in [0.29, 0.717) is 6.42 Å². The molecule has 0 aliphatic rings. The van der Waals surface area contributed by atoms with Crippen LogP contribution in [-0.2, 0) is 14.6 Å². The highest BCUT2D eigenvalue weighted by molar-refractivity contribution is 7.93. The monoisotopic (exact) mass is 304 g/mol. The van der Waals surface area contributed by atoms with Crippen molar-refractivity contribution in [1.29, 1.82) is 0 Å². The molecule has 4 nitrogen and oxygen atoms in total. The standard InChI is InChI=1S/C13H17ClO4S/c1-3-6-9(2)12(13(15)16)19(17,18)11-8-5-4-7-10(11)14/h4-5,7-9,12H,3,6H2,1-2H3,(H,15,16). The summed E-state index contributed by atoms with van der Waals surface area (Å²) in [5, 5.41) is 7.82. The van der Waals surface area contributed by atoms with E-state index in [-0.39, 0.29) is 9.92 Å². The van der Waals surface area contributed by atoms with E-state index in [2.05, 4.69) is 0 Å². The van der Waals surface area contributed by atoms with Gasteiger partial charge in [0.25, 0.3) is 0 Å². The summed E-state index contributed by atoms with van der Waals surface area (Å²) in [4.78, 5) is 11.2. The fourth-order valence-corrected chi connectivity index (χ4v) is 4.45. The lowest BCUT2D eigenvalue weighted by atomic mass is 10.0. The van der Waals surface area contributed by atoms with Crippen molar-refractivity contribution in [2.45, 2.75) is 36.8 Å². The summed E-state index contributed by atoms with van der Waals surface area (Å²) in [7, 11) is -3.98. The van der Waals surface area contributed by atoms with Crippen LogP contribution in [0.15, 0.2) is 29.2 Å². The van der Waals surface area contributed by atoms with Crippen LogP contribution in [-0.4, -0.2) is 24.7 Å². The molecule has 6 heteroatoms. The van der Waals surface area contributed by atoms with Gasteiger partial charge in [0.1, 0.15) is 0 Å². The van der Waals surface area contributed by atoms with Crippen LogP contribution < -0.4 is 0 Å². The second-order valence-corrected chi connectivity index (χ2v) is 6.95. The van der Waals surface area contributed by atoms with Gasteiger partial charge in [-0.3, -0.25) is 4.79 Å². The Labute approximate surface area is 118 Å². The first-order valence-electron chi connectivity index (χ1n) is 6.03. The van der Waals surface area contributed by atoms with E-state index in [9.17, 15) is 18.3 Å². The molecule has 0 heterocycles. The highest BCUT2D eigenvalue weighted by atomic mass is 35.5. The van der Waals surface area contributed by atoms with Crippen molar-refractivity contribution in [2.24, 2.45) is 5.92 Å². The van der Waals surface area contributed by atoms with Crippen molar-refractivity contribution in [3.63, 3.8) is 0 Å². The topological polar surface area (TPSA) is 71.4 Å². The van der Waals surface area contributed by atoms with Gasteiger partial charge in [-0.15, -0.1) is 0 Å². The van der Waals surface area contributed by atoms with E-state index in [1.165, 1.54) is 18.2 Å². The molecule has 0 aromatic heterocycles. The molecule has 2 atom stereocenters.